The predicted octanol–water partition coefficient (Wildman–Crippen LogP) is 1.51. The fourth-order valence-corrected chi connectivity index (χ4v) is 6.21. The van der Waals surface area contributed by atoms with Gasteiger partial charge in [-0.25, -0.2) is 16.8 Å². The van der Waals surface area contributed by atoms with Gasteiger partial charge in [-0.1, -0.05) is 12.1 Å². The molecule has 0 saturated carbocycles. The molecule has 1 aliphatic heterocycles. The van der Waals surface area contributed by atoms with E-state index in [1.54, 1.807) is 0 Å². The molecule has 26 heavy (non-hydrogen) atoms. The van der Waals surface area contributed by atoms with Crippen molar-refractivity contribution < 1.29 is 25.9 Å². The molecule has 2 rings (SSSR count). The van der Waals surface area contributed by atoms with Crippen LogP contribution in [0.1, 0.15) is 12.8 Å². The SMILES string of the molecule is O=S(=O)([O-])CCCSC1Nc2ccccc2NC1SCCCS(=O)(=O)[O-]. The summed E-state index contributed by atoms with van der Waals surface area (Å²) in [6.45, 7) is 0. The summed E-state index contributed by atoms with van der Waals surface area (Å²) < 4.78 is 64.2. The zero-order valence-electron chi connectivity index (χ0n) is 13.8. The van der Waals surface area contributed by atoms with Crippen molar-refractivity contribution in [3.05, 3.63) is 24.3 Å². The monoisotopic (exact) mass is 440 g/mol. The van der Waals surface area contributed by atoms with Crippen LogP contribution in [0.25, 0.3) is 0 Å². The van der Waals surface area contributed by atoms with Gasteiger partial charge in [-0.2, -0.15) is 0 Å². The molecule has 0 bridgehead atoms. The summed E-state index contributed by atoms with van der Waals surface area (Å²) >= 11 is 2.99. The molecule has 0 spiro atoms. The van der Waals surface area contributed by atoms with Crippen LogP contribution in [0, 0.1) is 0 Å². The summed E-state index contributed by atoms with van der Waals surface area (Å²) in [5.74, 6) is 0.204. The lowest BCUT2D eigenvalue weighted by Gasteiger charge is -2.35. The molecule has 2 unspecified atom stereocenters. The molecule has 0 saturated heterocycles. The molecule has 0 radical (unpaired) electrons. The fraction of sp³-hybridized carbons (Fsp3) is 0.571. The minimum absolute atomic E-state index is 0.0897. The number of benzene rings is 1. The average molecular weight is 441 g/mol. The van der Waals surface area contributed by atoms with Crippen LogP contribution in [0.4, 0.5) is 11.4 Å². The van der Waals surface area contributed by atoms with Gasteiger partial charge in [-0.15, -0.1) is 23.5 Å². The van der Waals surface area contributed by atoms with Crippen molar-refractivity contribution >= 4 is 55.1 Å². The van der Waals surface area contributed by atoms with Crippen LogP contribution in [0.5, 0.6) is 0 Å². The highest BCUT2D eigenvalue weighted by Gasteiger charge is 2.27. The molecule has 2 N–H and O–H groups in total. The third kappa shape index (κ3) is 7.92. The first-order valence-electron chi connectivity index (χ1n) is 7.86. The molecule has 0 fully saturated rings. The molecule has 2 atom stereocenters. The maximum absolute atomic E-state index is 10.7. The lowest BCUT2D eigenvalue weighted by molar-refractivity contribution is 0.460. The van der Waals surface area contributed by atoms with Crippen LogP contribution < -0.4 is 10.6 Å². The van der Waals surface area contributed by atoms with E-state index in [-0.39, 0.29) is 23.6 Å². The van der Waals surface area contributed by atoms with Crippen molar-refractivity contribution in [2.24, 2.45) is 0 Å². The molecule has 12 heteroatoms. The van der Waals surface area contributed by atoms with E-state index in [1.165, 1.54) is 23.5 Å². The molecule has 148 valence electrons. The van der Waals surface area contributed by atoms with Gasteiger partial charge < -0.3 is 19.7 Å². The van der Waals surface area contributed by atoms with Crippen LogP contribution in [0.15, 0.2) is 24.3 Å². The van der Waals surface area contributed by atoms with Crippen molar-refractivity contribution in [3.8, 4) is 0 Å². The first-order chi connectivity index (χ1) is 12.1. The zero-order valence-corrected chi connectivity index (χ0v) is 17.1. The van der Waals surface area contributed by atoms with Gasteiger partial charge in [0.2, 0.25) is 0 Å². The number of fused-ring (bicyclic) bond motifs is 1. The standard InChI is InChI=1S/C14H22N2O6S4/c17-25(18,19)9-3-7-23-13-14(24-8-4-10-26(20,21)22)16-12-6-2-1-5-11(12)15-13/h1-2,5-6,13-16H,3-4,7-10H2,(H,17,18,19)(H,20,21,22)/p-2. The van der Waals surface area contributed by atoms with E-state index < -0.39 is 31.7 Å². The van der Waals surface area contributed by atoms with E-state index in [1.807, 2.05) is 24.3 Å². The highest BCUT2D eigenvalue weighted by molar-refractivity contribution is 8.04. The molecule has 8 nitrogen and oxygen atoms in total. The van der Waals surface area contributed by atoms with Crippen molar-refractivity contribution in [2.75, 3.05) is 33.6 Å². The number of anilines is 2. The van der Waals surface area contributed by atoms with Crippen LogP contribution in [-0.2, 0) is 20.2 Å². The van der Waals surface area contributed by atoms with Crippen LogP contribution in [0.3, 0.4) is 0 Å². The first kappa shape index (κ1) is 21.6. The lowest BCUT2D eigenvalue weighted by atomic mass is 10.2. The van der Waals surface area contributed by atoms with Crippen molar-refractivity contribution in [1.82, 2.24) is 0 Å². The van der Waals surface area contributed by atoms with E-state index in [0.717, 1.165) is 11.4 Å². The van der Waals surface area contributed by atoms with E-state index in [2.05, 4.69) is 10.6 Å². The van der Waals surface area contributed by atoms with Gasteiger partial charge in [0.05, 0.1) is 31.6 Å². The van der Waals surface area contributed by atoms with Gasteiger partial charge in [0.1, 0.15) is 10.7 Å². The second-order valence-electron chi connectivity index (χ2n) is 5.65. The van der Waals surface area contributed by atoms with Gasteiger partial charge in [-0.05, 0) is 36.5 Å². The average Bonchev–Trinajstić information content (AvgIpc) is 2.53. The predicted molar refractivity (Wildman–Crippen MR) is 105 cm³/mol. The van der Waals surface area contributed by atoms with Gasteiger partial charge in [0.25, 0.3) is 0 Å². The normalized spacial score (nSPS) is 20.1. The smallest absolute Gasteiger partial charge is 0.102 e. The van der Waals surface area contributed by atoms with Crippen molar-refractivity contribution in [1.29, 1.82) is 0 Å². The second kappa shape index (κ2) is 9.51. The minimum Gasteiger partial charge on any atom is -0.748 e. The summed E-state index contributed by atoms with van der Waals surface area (Å²) in [5.41, 5.74) is 1.83. The van der Waals surface area contributed by atoms with Crippen LogP contribution in [-0.4, -0.2) is 59.7 Å². The quantitative estimate of drug-likeness (QED) is 0.406. The highest BCUT2D eigenvalue weighted by atomic mass is 32.2. The second-order valence-corrected chi connectivity index (χ2v) is 11.2. The topological polar surface area (TPSA) is 138 Å². The maximum atomic E-state index is 10.7. The summed E-state index contributed by atoms with van der Waals surface area (Å²) in [6, 6.07) is 7.63. The Labute approximate surface area is 162 Å². The fourth-order valence-electron chi connectivity index (χ4n) is 2.34. The number of hydrogen-bond acceptors (Lipinski definition) is 10. The largest absolute Gasteiger partial charge is 0.748 e. The number of thioether (sulfide) groups is 2. The Morgan fingerprint density at radius 3 is 1.54 bits per heavy atom. The highest BCUT2D eigenvalue weighted by Crippen LogP contribution is 2.36. The van der Waals surface area contributed by atoms with Gasteiger partial charge in [0.15, 0.2) is 0 Å². The molecule has 0 aliphatic carbocycles. The van der Waals surface area contributed by atoms with Crippen molar-refractivity contribution in [2.45, 2.75) is 23.6 Å². The number of rotatable bonds is 10. The van der Waals surface area contributed by atoms with E-state index in [0.29, 0.717) is 11.5 Å². The third-order valence-corrected chi connectivity index (χ3v) is 7.77. The Morgan fingerprint density at radius 1 is 0.808 bits per heavy atom. The summed E-state index contributed by atoms with van der Waals surface area (Å²) in [5, 5.41) is 6.57. The first-order valence-corrected chi connectivity index (χ1v) is 13.1. The minimum atomic E-state index is -4.21. The van der Waals surface area contributed by atoms with Crippen molar-refractivity contribution in [3.63, 3.8) is 0 Å². The van der Waals surface area contributed by atoms with E-state index >= 15 is 0 Å². The van der Waals surface area contributed by atoms with Gasteiger partial charge in [0, 0.05) is 11.5 Å². The summed E-state index contributed by atoms with van der Waals surface area (Å²) in [4.78, 5) is 0. The summed E-state index contributed by atoms with van der Waals surface area (Å²) in [7, 11) is -8.42. The number of nitrogens with one attached hydrogen (secondary N) is 2. The van der Waals surface area contributed by atoms with Crippen LogP contribution >= 0.6 is 23.5 Å². The Hall–Kier alpha value is -0.660. The molecule has 0 amide bonds. The Morgan fingerprint density at radius 2 is 1.19 bits per heavy atom. The van der Waals surface area contributed by atoms with Gasteiger partial charge >= 0.3 is 0 Å². The summed E-state index contributed by atoms with van der Waals surface area (Å²) in [6.07, 6.45) is 0.532. The Kier molecular flexibility index (Phi) is 7.91. The Balaban J connectivity index is 1.92. The number of para-hydroxylation sites is 2. The van der Waals surface area contributed by atoms with Gasteiger partial charge in [-0.3, -0.25) is 0 Å². The molecule has 1 aliphatic rings. The molecule has 1 heterocycles. The molecule has 1 aromatic carbocycles. The Bertz CT molecular complexity index is 732. The van der Waals surface area contributed by atoms with Crippen LogP contribution in [0.2, 0.25) is 0 Å². The molecular weight excluding hydrogens is 420 g/mol. The molecule has 1 aromatic rings. The molecule has 0 aromatic heterocycles. The number of hydrogen-bond donors (Lipinski definition) is 2. The van der Waals surface area contributed by atoms with E-state index in [4.69, 9.17) is 0 Å². The lowest BCUT2D eigenvalue weighted by Crippen LogP contribution is -2.39. The van der Waals surface area contributed by atoms with E-state index in [9.17, 15) is 25.9 Å². The zero-order chi connectivity index (χ0) is 19.2. The maximum Gasteiger partial charge on any atom is 0.102 e. The molecular formula is C14H20N2O6S4-2. The third-order valence-electron chi connectivity index (χ3n) is 3.47.